The smallest absolute Gasteiger partial charge is 0.339 e. The number of methoxy groups -OCH3 is 1. The number of carbonyl (C=O) groups is 2. The molecule has 2 aromatic carbocycles. The molecule has 0 radical (unpaired) electrons. The second kappa shape index (κ2) is 9.47. The maximum absolute atomic E-state index is 13.3. The largest absolute Gasteiger partial charge is 0.497 e. The lowest BCUT2D eigenvalue weighted by Gasteiger charge is -2.09. The van der Waals surface area contributed by atoms with E-state index in [2.05, 4.69) is 15.5 Å². The van der Waals surface area contributed by atoms with Gasteiger partial charge in [-0.1, -0.05) is 17.3 Å². The van der Waals surface area contributed by atoms with Gasteiger partial charge in [0.15, 0.2) is 6.61 Å². The lowest BCUT2D eigenvalue weighted by Crippen LogP contribution is -2.28. The van der Waals surface area contributed by atoms with Gasteiger partial charge in [0.1, 0.15) is 11.6 Å². The number of hydrogen-bond donors (Lipinski definition) is 1. The number of benzene rings is 2. The normalized spacial score (nSPS) is 10.8. The van der Waals surface area contributed by atoms with Crippen molar-refractivity contribution in [2.75, 3.05) is 13.7 Å². The molecule has 1 amide bonds. The van der Waals surface area contributed by atoms with Crippen LogP contribution in [0, 0.1) is 12.7 Å². The number of nitrogens with zero attached hydrogens (tertiary/aromatic N) is 2. The van der Waals surface area contributed by atoms with Crippen molar-refractivity contribution in [3.63, 3.8) is 0 Å². The van der Waals surface area contributed by atoms with Gasteiger partial charge in [0, 0.05) is 12.1 Å². The van der Waals surface area contributed by atoms with Crippen molar-refractivity contribution in [1.29, 1.82) is 0 Å². The maximum atomic E-state index is 13.3. The Morgan fingerprint density at radius 2 is 1.91 bits per heavy atom. The van der Waals surface area contributed by atoms with E-state index in [0.717, 1.165) is 5.56 Å². The minimum atomic E-state index is -0.728. The Labute approximate surface area is 188 Å². The molecule has 168 valence electrons. The Morgan fingerprint density at radius 1 is 1.12 bits per heavy atom. The second-order valence-corrected chi connectivity index (χ2v) is 7.21. The van der Waals surface area contributed by atoms with Crippen LogP contribution in [0.4, 0.5) is 4.39 Å². The fourth-order valence-electron chi connectivity index (χ4n) is 3.27. The third kappa shape index (κ3) is 4.98. The van der Waals surface area contributed by atoms with Gasteiger partial charge in [-0.15, -0.1) is 0 Å². The number of halogens is 1. The Hall–Kier alpha value is -4.27. The maximum Gasteiger partial charge on any atom is 0.339 e. The molecule has 0 fully saturated rings. The number of hydrogen-bond acceptors (Lipinski definition) is 7. The molecule has 0 aliphatic heterocycles. The number of ether oxygens (including phenoxy) is 2. The van der Waals surface area contributed by atoms with Crippen LogP contribution in [0.2, 0.25) is 0 Å². The number of aromatic nitrogens is 2. The van der Waals surface area contributed by atoms with E-state index in [0.29, 0.717) is 28.1 Å². The molecule has 4 aromatic rings. The summed E-state index contributed by atoms with van der Waals surface area (Å²) < 4.78 is 28.9. The number of carbonyl (C=O) groups excluding carboxylic acids is 2. The van der Waals surface area contributed by atoms with Crippen LogP contribution in [-0.4, -0.2) is 35.7 Å². The molecule has 0 saturated heterocycles. The molecule has 2 aromatic heterocycles. The number of esters is 1. The number of pyridine rings is 1. The van der Waals surface area contributed by atoms with E-state index in [9.17, 15) is 14.0 Å². The first kappa shape index (κ1) is 21.9. The van der Waals surface area contributed by atoms with Crippen molar-refractivity contribution in [2.45, 2.75) is 13.5 Å². The molecular weight excluding hydrogens is 429 g/mol. The predicted molar refractivity (Wildman–Crippen MR) is 117 cm³/mol. The summed E-state index contributed by atoms with van der Waals surface area (Å²) in [4.78, 5) is 29.4. The van der Waals surface area contributed by atoms with Crippen molar-refractivity contribution >= 4 is 23.0 Å². The topological polar surface area (TPSA) is 104 Å². The fourth-order valence-corrected chi connectivity index (χ4v) is 3.27. The van der Waals surface area contributed by atoms with Crippen LogP contribution < -0.4 is 10.1 Å². The van der Waals surface area contributed by atoms with Gasteiger partial charge >= 0.3 is 5.97 Å². The monoisotopic (exact) mass is 449 g/mol. The van der Waals surface area contributed by atoms with E-state index in [-0.39, 0.29) is 17.8 Å². The minimum Gasteiger partial charge on any atom is -0.497 e. The molecule has 8 nitrogen and oxygen atoms in total. The number of amides is 1. The minimum absolute atomic E-state index is 0.142. The van der Waals surface area contributed by atoms with Gasteiger partial charge in [-0.25, -0.2) is 14.2 Å². The van der Waals surface area contributed by atoms with Gasteiger partial charge in [-0.2, -0.15) is 0 Å². The van der Waals surface area contributed by atoms with Gasteiger partial charge in [0.2, 0.25) is 0 Å². The molecule has 0 saturated carbocycles. The van der Waals surface area contributed by atoms with Crippen LogP contribution in [0.1, 0.15) is 21.6 Å². The zero-order valence-electron chi connectivity index (χ0n) is 17.9. The van der Waals surface area contributed by atoms with Crippen LogP contribution in [0.15, 0.2) is 59.1 Å². The van der Waals surface area contributed by atoms with Gasteiger partial charge in [-0.3, -0.25) is 4.79 Å². The molecule has 2 heterocycles. The third-order valence-corrected chi connectivity index (χ3v) is 4.94. The highest BCUT2D eigenvalue weighted by molar-refractivity contribution is 6.04. The van der Waals surface area contributed by atoms with Gasteiger partial charge in [-0.05, 0) is 55.0 Å². The summed E-state index contributed by atoms with van der Waals surface area (Å²) in [5.41, 5.74) is 2.56. The SMILES string of the molecule is COc1cccc(CNC(=O)COC(=O)c2cc(-c3ccc(F)cc3)nc3onc(C)c23)c1. The molecule has 0 spiro atoms. The number of nitrogens with one attached hydrogen (secondary N) is 1. The second-order valence-electron chi connectivity index (χ2n) is 7.21. The summed E-state index contributed by atoms with van der Waals surface area (Å²) in [5, 5.41) is 6.95. The molecule has 0 unspecified atom stereocenters. The fraction of sp³-hybridized carbons (Fsp3) is 0.167. The van der Waals surface area contributed by atoms with Crippen LogP contribution in [-0.2, 0) is 16.1 Å². The van der Waals surface area contributed by atoms with Gasteiger partial charge < -0.3 is 19.3 Å². The quantitative estimate of drug-likeness (QED) is 0.428. The molecule has 9 heteroatoms. The predicted octanol–water partition coefficient (Wildman–Crippen LogP) is 3.82. The van der Waals surface area contributed by atoms with Crippen molar-refractivity contribution in [1.82, 2.24) is 15.5 Å². The Bertz CT molecular complexity index is 1320. The van der Waals surface area contributed by atoms with E-state index in [1.165, 1.54) is 30.3 Å². The van der Waals surface area contributed by atoms with Crippen LogP contribution in [0.3, 0.4) is 0 Å². The average molecular weight is 449 g/mol. The van der Waals surface area contributed by atoms with E-state index in [1.54, 1.807) is 26.2 Å². The van der Waals surface area contributed by atoms with Crippen molar-refractivity contribution < 1.29 is 28.0 Å². The molecule has 0 bridgehead atoms. The van der Waals surface area contributed by atoms with Crippen molar-refractivity contribution in [3.8, 4) is 17.0 Å². The van der Waals surface area contributed by atoms with Crippen molar-refractivity contribution in [2.24, 2.45) is 0 Å². The standard InChI is InChI=1S/C24H20FN3O5/c1-14-22-19(11-20(27-23(22)33-28-14)16-6-8-17(25)9-7-16)24(30)32-13-21(29)26-12-15-4-3-5-18(10-15)31-2/h3-11H,12-13H2,1-2H3,(H,26,29). The number of aryl methyl sites for hydroxylation is 1. The highest BCUT2D eigenvalue weighted by Crippen LogP contribution is 2.27. The van der Waals surface area contributed by atoms with Crippen LogP contribution in [0.5, 0.6) is 5.75 Å². The Balaban J connectivity index is 1.48. The van der Waals surface area contributed by atoms with Crippen LogP contribution >= 0.6 is 0 Å². The first-order chi connectivity index (χ1) is 15.9. The molecule has 0 atom stereocenters. The first-order valence-corrected chi connectivity index (χ1v) is 10.0. The lowest BCUT2D eigenvalue weighted by atomic mass is 10.1. The number of rotatable bonds is 7. The molecule has 0 aliphatic rings. The lowest BCUT2D eigenvalue weighted by molar-refractivity contribution is -0.124. The molecule has 1 N–H and O–H groups in total. The summed E-state index contributed by atoms with van der Waals surface area (Å²) in [7, 11) is 1.56. The molecular formula is C24H20FN3O5. The summed E-state index contributed by atoms with van der Waals surface area (Å²) in [5.74, 6) is -0.906. The highest BCUT2D eigenvalue weighted by atomic mass is 19.1. The summed E-state index contributed by atoms with van der Waals surface area (Å²) >= 11 is 0. The Kier molecular flexibility index (Phi) is 6.30. The molecule has 0 aliphatic carbocycles. The van der Waals surface area contributed by atoms with E-state index >= 15 is 0 Å². The Morgan fingerprint density at radius 3 is 2.67 bits per heavy atom. The third-order valence-electron chi connectivity index (χ3n) is 4.94. The first-order valence-electron chi connectivity index (χ1n) is 10.0. The molecule has 4 rings (SSSR count). The highest BCUT2D eigenvalue weighted by Gasteiger charge is 2.21. The summed E-state index contributed by atoms with van der Waals surface area (Å²) in [6, 6.07) is 14.4. The van der Waals surface area contributed by atoms with E-state index < -0.39 is 24.3 Å². The van der Waals surface area contributed by atoms with Crippen molar-refractivity contribution in [3.05, 3.63) is 77.2 Å². The average Bonchev–Trinajstić information content (AvgIpc) is 3.21. The van der Waals surface area contributed by atoms with E-state index in [4.69, 9.17) is 14.0 Å². The zero-order valence-corrected chi connectivity index (χ0v) is 17.9. The zero-order chi connectivity index (χ0) is 23.4. The van der Waals surface area contributed by atoms with Gasteiger partial charge in [0.05, 0.1) is 29.4 Å². The molecule has 33 heavy (non-hydrogen) atoms. The number of fused-ring (bicyclic) bond motifs is 1. The van der Waals surface area contributed by atoms with Gasteiger partial charge in [0.25, 0.3) is 11.6 Å². The van der Waals surface area contributed by atoms with Crippen LogP contribution in [0.25, 0.3) is 22.4 Å². The summed E-state index contributed by atoms with van der Waals surface area (Å²) in [6.07, 6.45) is 0. The van der Waals surface area contributed by atoms with E-state index in [1.807, 2.05) is 12.1 Å². The summed E-state index contributed by atoms with van der Waals surface area (Å²) in [6.45, 7) is 1.46.